The van der Waals surface area contributed by atoms with Crippen LogP contribution < -0.4 is 14.2 Å². The summed E-state index contributed by atoms with van der Waals surface area (Å²) in [6, 6.07) is 7.81. The first-order chi connectivity index (χ1) is 16.4. The number of halogens is 1. The van der Waals surface area contributed by atoms with Crippen molar-refractivity contribution in [3.8, 4) is 34.3 Å². The summed E-state index contributed by atoms with van der Waals surface area (Å²) in [5.41, 5.74) is 2.59. The number of hydrogen-bond acceptors (Lipinski definition) is 7. The van der Waals surface area contributed by atoms with Crippen LogP contribution in [0.15, 0.2) is 30.3 Å². The average molecular weight is 488 g/mol. The molecule has 0 bridgehead atoms. The molecule has 0 radical (unpaired) electrons. The molecule has 180 valence electrons. The van der Waals surface area contributed by atoms with Crippen molar-refractivity contribution in [2.45, 2.75) is 12.5 Å². The van der Waals surface area contributed by atoms with Crippen molar-refractivity contribution < 1.29 is 28.8 Å². The van der Waals surface area contributed by atoms with Gasteiger partial charge in [0.05, 0.1) is 27.4 Å². The van der Waals surface area contributed by atoms with Crippen molar-refractivity contribution in [2.75, 3.05) is 41.6 Å². The Morgan fingerprint density at radius 3 is 2.41 bits per heavy atom. The Bertz CT molecular complexity index is 1190. The molecule has 1 amide bonds. The molecule has 10 heteroatoms. The van der Waals surface area contributed by atoms with Gasteiger partial charge in [0.15, 0.2) is 11.5 Å². The maximum atomic E-state index is 13.4. The average Bonchev–Trinajstić information content (AvgIpc) is 3.38. The third-order valence-electron chi connectivity index (χ3n) is 5.83. The first kappa shape index (κ1) is 23.7. The van der Waals surface area contributed by atoms with E-state index in [0.29, 0.717) is 64.4 Å². The van der Waals surface area contributed by atoms with Gasteiger partial charge in [0.1, 0.15) is 17.1 Å². The van der Waals surface area contributed by atoms with Gasteiger partial charge in [-0.05, 0) is 42.3 Å². The van der Waals surface area contributed by atoms with E-state index in [2.05, 4.69) is 10.2 Å². The number of rotatable bonds is 9. The monoisotopic (exact) mass is 487 g/mol. The number of methoxy groups -OCH3 is 4. The normalized spacial score (nSPS) is 14.9. The molecule has 1 atom stereocenters. The number of carbonyl (C=O) groups is 1. The molecular formula is C24H26ClN3O6. The molecule has 2 heterocycles. The Kier molecular flexibility index (Phi) is 6.85. The second-order valence-electron chi connectivity index (χ2n) is 7.73. The van der Waals surface area contributed by atoms with Crippen LogP contribution in [0.1, 0.15) is 34.1 Å². The molecule has 1 unspecified atom stereocenters. The molecule has 2 aromatic carbocycles. The Morgan fingerprint density at radius 2 is 1.79 bits per heavy atom. The Morgan fingerprint density at radius 1 is 1.09 bits per heavy atom. The fourth-order valence-electron chi connectivity index (χ4n) is 4.32. The van der Waals surface area contributed by atoms with Crippen LogP contribution in [-0.4, -0.2) is 67.7 Å². The van der Waals surface area contributed by atoms with Crippen molar-refractivity contribution in [2.24, 2.45) is 0 Å². The first-order valence-electron chi connectivity index (χ1n) is 10.6. The number of phenolic OH excluding ortho intramolecular Hbond substituents is 1. The molecule has 0 aliphatic carbocycles. The van der Waals surface area contributed by atoms with E-state index in [1.54, 1.807) is 24.1 Å². The molecule has 9 nitrogen and oxygen atoms in total. The van der Waals surface area contributed by atoms with E-state index in [1.165, 1.54) is 27.4 Å². The second kappa shape index (κ2) is 9.82. The largest absolute Gasteiger partial charge is 0.507 e. The van der Waals surface area contributed by atoms with Gasteiger partial charge in [0.2, 0.25) is 5.75 Å². The fraction of sp³-hybridized carbons (Fsp3) is 0.333. The van der Waals surface area contributed by atoms with Crippen LogP contribution in [0.5, 0.6) is 23.0 Å². The molecule has 34 heavy (non-hydrogen) atoms. The van der Waals surface area contributed by atoms with Crippen LogP contribution in [-0.2, 0) is 4.74 Å². The lowest BCUT2D eigenvalue weighted by Gasteiger charge is -2.27. The number of carbonyl (C=O) groups excluding carboxylic acids is 1. The molecule has 1 aliphatic heterocycles. The number of phenols is 1. The molecular weight excluding hydrogens is 462 g/mol. The van der Waals surface area contributed by atoms with Gasteiger partial charge >= 0.3 is 0 Å². The van der Waals surface area contributed by atoms with Crippen LogP contribution >= 0.6 is 11.6 Å². The Hall–Kier alpha value is -3.43. The minimum absolute atomic E-state index is 0.00706. The standard InChI is InChI=1S/C24H26ClN3O6/c1-31-9-5-8-28-22(13-10-17(32-2)23(34-4)18(11-13)33-3)19-20(26-27-21(19)24(28)30)15-12-14(25)6-7-16(15)29/h6-7,10-12,22,29H,5,8-9H2,1-4H3,(H,26,27). The summed E-state index contributed by atoms with van der Waals surface area (Å²) in [7, 11) is 6.23. The van der Waals surface area contributed by atoms with Gasteiger partial charge in [-0.25, -0.2) is 0 Å². The molecule has 1 aliphatic rings. The van der Waals surface area contributed by atoms with Gasteiger partial charge in [0, 0.05) is 36.4 Å². The zero-order valence-corrected chi connectivity index (χ0v) is 20.1. The predicted molar refractivity (Wildman–Crippen MR) is 126 cm³/mol. The molecule has 2 N–H and O–H groups in total. The number of benzene rings is 2. The number of amides is 1. The Balaban J connectivity index is 1.92. The summed E-state index contributed by atoms with van der Waals surface area (Å²) in [4.78, 5) is 15.2. The summed E-state index contributed by atoms with van der Waals surface area (Å²) in [5.74, 6) is 1.18. The summed E-state index contributed by atoms with van der Waals surface area (Å²) < 4.78 is 21.8. The Labute approximate surface area is 202 Å². The van der Waals surface area contributed by atoms with Crippen LogP contribution in [0.3, 0.4) is 0 Å². The zero-order valence-electron chi connectivity index (χ0n) is 19.3. The minimum Gasteiger partial charge on any atom is -0.507 e. The van der Waals surface area contributed by atoms with Crippen LogP contribution in [0.4, 0.5) is 0 Å². The highest BCUT2D eigenvalue weighted by Crippen LogP contribution is 2.48. The third kappa shape index (κ3) is 4.01. The van der Waals surface area contributed by atoms with Gasteiger partial charge < -0.3 is 29.0 Å². The van der Waals surface area contributed by atoms with Crippen molar-refractivity contribution in [3.05, 3.63) is 52.2 Å². The number of aromatic nitrogens is 2. The maximum absolute atomic E-state index is 13.4. The third-order valence-corrected chi connectivity index (χ3v) is 6.06. The molecule has 0 fully saturated rings. The van der Waals surface area contributed by atoms with E-state index >= 15 is 0 Å². The number of fused-ring (bicyclic) bond motifs is 1. The molecule has 1 aromatic heterocycles. The van der Waals surface area contributed by atoms with Crippen molar-refractivity contribution in [1.82, 2.24) is 15.1 Å². The molecule has 4 rings (SSSR count). The first-order valence-corrected chi connectivity index (χ1v) is 11.0. The maximum Gasteiger partial charge on any atom is 0.273 e. The van der Waals surface area contributed by atoms with Crippen LogP contribution in [0.25, 0.3) is 11.3 Å². The highest BCUT2D eigenvalue weighted by molar-refractivity contribution is 6.31. The minimum atomic E-state index is -0.528. The van der Waals surface area contributed by atoms with E-state index in [4.69, 9.17) is 30.5 Å². The number of aromatic hydroxyl groups is 1. The predicted octanol–water partition coefficient (Wildman–Crippen LogP) is 4.04. The van der Waals surface area contributed by atoms with E-state index in [1.807, 2.05) is 12.1 Å². The van der Waals surface area contributed by atoms with Gasteiger partial charge in [-0.3, -0.25) is 9.89 Å². The van der Waals surface area contributed by atoms with Crippen molar-refractivity contribution in [1.29, 1.82) is 0 Å². The number of H-pyrrole nitrogens is 1. The quantitative estimate of drug-likeness (QED) is 0.439. The van der Waals surface area contributed by atoms with E-state index in [0.717, 1.165) is 5.56 Å². The summed E-state index contributed by atoms with van der Waals surface area (Å²) >= 11 is 6.21. The van der Waals surface area contributed by atoms with Gasteiger partial charge in [-0.2, -0.15) is 5.10 Å². The lowest BCUT2D eigenvalue weighted by Crippen LogP contribution is -2.31. The van der Waals surface area contributed by atoms with Crippen molar-refractivity contribution in [3.63, 3.8) is 0 Å². The highest BCUT2D eigenvalue weighted by Gasteiger charge is 2.43. The van der Waals surface area contributed by atoms with Gasteiger partial charge in [-0.1, -0.05) is 11.6 Å². The van der Waals surface area contributed by atoms with Crippen molar-refractivity contribution >= 4 is 17.5 Å². The van der Waals surface area contributed by atoms with Gasteiger partial charge in [-0.15, -0.1) is 0 Å². The summed E-state index contributed by atoms with van der Waals surface area (Å²) in [6.07, 6.45) is 0.638. The van der Waals surface area contributed by atoms with Crippen LogP contribution in [0, 0.1) is 0 Å². The van der Waals surface area contributed by atoms with E-state index < -0.39 is 6.04 Å². The molecule has 0 saturated heterocycles. The SMILES string of the molecule is COCCCN1C(=O)c2[nH]nc(-c3cc(Cl)ccc3O)c2C1c1cc(OC)c(OC)c(OC)c1. The number of nitrogens with zero attached hydrogens (tertiary/aromatic N) is 2. The summed E-state index contributed by atoms with van der Waals surface area (Å²) in [5, 5.41) is 18.2. The smallest absolute Gasteiger partial charge is 0.273 e. The second-order valence-corrected chi connectivity index (χ2v) is 8.16. The number of aromatic amines is 1. The topological polar surface area (TPSA) is 106 Å². The lowest BCUT2D eigenvalue weighted by atomic mass is 9.95. The number of ether oxygens (including phenoxy) is 4. The zero-order chi connectivity index (χ0) is 24.4. The lowest BCUT2D eigenvalue weighted by molar-refractivity contribution is 0.0723. The number of nitrogens with one attached hydrogen (secondary N) is 1. The van der Waals surface area contributed by atoms with E-state index in [9.17, 15) is 9.90 Å². The van der Waals surface area contributed by atoms with Gasteiger partial charge in [0.25, 0.3) is 5.91 Å². The number of hydrogen-bond donors (Lipinski definition) is 2. The molecule has 0 saturated carbocycles. The highest BCUT2D eigenvalue weighted by atomic mass is 35.5. The summed E-state index contributed by atoms with van der Waals surface area (Å²) in [6.45, 7) is 0.942. The molecule has 3 aromatic rings. The van der Waals surface area contributed by atoms with Crippen LogP contribution in [0.2, 0.25) is 5.02 Å². The van der Waals surface area contributed by atoms with E-state index in [-0.39, 0.29) is 11.7 Å². The molecule has 0 spiro atoms. The fourth-order valence-corrected chi connectivity index (χ4v) is 4.49.